The van der Waals surface area contributed by atoms with Crippen LogP contribution in [0.3, 0.4) is 0 Å². The van der Waals surface area contributed by atoms with Gasteiger partial charge in [0.05, 0.1) is 19.0 Å². The van der Waals surface area contributed by atoms with Gasteiger partial charge in [0.2, 0.25) is 0 Å². The lowest BCUT2D eigenvalue weighted by Crippen LogP contribution is -2.48. The van der Waals surface area contributed by atoms with Crippen molar-refractivity contribution in [3.05, 3.63) is 42.7 Å². The molecule has 3 aromatic rings. The largest absolute Gasteiger partial charge is 0.475 e. The van der Waals surface area contributed by atoms with Crippen LogP contribution >= 0.6 is 7.82 Å². The maximum Gasteiger partial charge on any atom is 0.475 e. The summed E-state index contributed by atoms with van der Waals surface area (Å²) in [6.45, 7) is 2.85. The zero-order valence-electron chi connectivity index (χ0n) is 20.0. The second kappa shape index (κ2) is 8.51. The molecule has 37 heavy (non-hydrogen) atoms. The van der Waals surface area contributed by atoms with Crippen LogP contribution in [0.5, 0.6) is 0 Å². The quantitative estimate of drug-likeness (QED) is 0.359. The zero-order valence-corrected chi connectivity index (χ0v) is 20.9. The maximum atomic E-state index is 13.5. The van der Waals surface area contributed by atoms with E-state index in [2.05, 4.69) is 19.9 Å². The van der Waals surface area contributed by atoms with Crippen molar-refractivity contribution in [2.24, 2.45) is 0 Å². The first-order valence-electron chi connectivity index (χ1n) is 11.6. The molecule has 3 fully saturated rings. The molecular formula is C22H25N6O8P. The lowest BCUT2D eigenvalue weighted by atomic mass is 9.94. The fourth-order valence-electron chi connectivity index (χ4n) is 5.06. The predicted molar refractivity (Wildman–Crippen MR) is 124 cm³/mol. The summed E-state index contributed by atoms with van der Waals surface area (Å²) < 4.78 is 43.9. The van der Waals surface area contributed by atoms with Crippen LogP contribution in [0.1, 0.15) is 44.6 Å². The minimum Gasteiger partial charge on any atom is -0.456 e. The first-order valence-corrected chi connectivity index (χ1v) is 13.1. The molecule has 14 nitrogen and oxygen atoms in total. The number of nitrogen functional groups attached to an aromatic ring is 1. The number of pyridine rings is 1. The number of ether oxygens (including phenoxy) is 2. The third-order valence-corrected chi connectivity index (χ3v) is 8.36. The Labute approximate surface area is 210 Å². The van der Waals surface area contributed by atoms with E-state index >= 15 is 0 Å². The van der Waals surface area contributed by atoms with Crippen LogP contribution < -0.4 is 5.73 Å². The number of carbonyl (C=O) groups excluding carboxylic acids is 1. The molecule has 6 rings (SSSR count). The predicted octanol–water partition coefficient (Wildman–Crippen LogP) is 1.83. The number of imidazole rings is 1. The smallest absolute Gasteiger partial charge is 0.456 e. The van der Waals surface area contributed by atoms with Gasteiger partial charge in [-0.25, -0.2) is 19.5 Å². The van der Waals surface area contributed by atoms with Crippen LogP contribution in [-0.4, -0.2) is 65.6 Å². The highest BCUT2D eigenvalue weighted by Gasteiger charge is 2.77. The standard InChI is InChI=1S/C22H25N6O8P/c1-12(29)33-19-21(2,30)20(28-11-27-16-17(23)25-10-26-18(16)28)34-22(19)9-15(22)36-37(31)32-8-5-14(35-37)13-3-6-24-7-4-13/h3-4,6-7,10-11,14-15,19-20,30H,5,8-9H2,1-2H3,(H2,23,25,26)/t14-,15-,19+,20-,21-,22?,37-/m1/s1. The Morgan fingerprint density at radius 3 is 2.84 bits per heavy atom. The number of hydrogen-bond acceptors (Lipinski definition) is 13. The average molecular weight is 532 g/mol. The topological polar surface area (TPSA) is 183 Å². The van der Waals surface area contributed by atoms with Crippen molar-refractivity contribution >= 4 is 30.8 Å². The van der Waals surface area contributed by atoms with Crippen molar-refractivity contribution in [3.8, 4) is 0 Å². The minimum atomic E-state index is -4.01. The van der Waals surface area contributed by atoms with Gasteiger partial charge in [-0.1, -0.05) is 0 Å². The molecule has 1 aliphatic carbocycles. The molecule has 0 aromatic carbocycles. The van der Waals surface area contributed by atoms with E-state index in [1.54, 1.807) is 24.5 Å². The van der Waals surface area contributed by atoms with Gasteiger partial charge in [0.25, 0.3) is 0 Å². The number of aromatic nitrogens is 5. The number of fused-ring (bicyclic) bond motifs is 1. The van der Waals surface area contributed by atoms with Gasteiger partial charge in [-0.2, -0.15) is 0 Å². The second-order valence-electron chi connectivity index (χ2n) is 9.47. The van der Waals surface area contributed by atoms with Crippen LogP contribution in [0, 0.1) is 0 Å². The molecule has 2 saturated heterocycles. The molecule has 0 bridgehead atoms. The first-order chi connectivity index (χ1) is 17.6. The van der Waals surface area contributed by atoms with Gasteiger partial charge in [0.15, 0.2) is 23.8 Å². The molecule has 5 heterocycles. The van der Waals surface area contributed by atoms with E-state index in [9.17, 15) is 14.5 Å². The molecule has 2 aliphatic heterocycles. The Hall–Kier alpha value is -3.00. The summed E-state index contributed by atoms with van der Waals surface area (Å²) in [4.78, 5) is 28.4. The summed E-state index contributed by atoms with van der Waals surface area (Å²) in [5.74, 6) is -0.468. The van der Waals surface area contributed by atoms with Crippen LogP contribution in [0.25, 0.3) is 11.2 Å². The van der Waals surface area contributed by atoms with E-state index in [1.807, 2.05) is 0 Å². The number of nitrogens with zero attached hydrogens (tertiary/aromatic N) is 5. The number of rotatable bonds is 5. The highest BCUT2D eigenvalue weighted by molar-refractivity contribution is 7.48. The van der Waals surface area contributed by atoms with Crippen LogP contribution in [0.2, 0.25) is 0 Å². The van der Waals surface area contributed by atoms with Gasteiger partial charge in [0.1, 0.15) is 29.2 Å². The van der Waals surface area contributed by atoms with Gasteiger partial charge >= 0.3 is 13.8 Å². The molecule has 3 aliphatic rings. The second-order valence-corrected chi connectivity index (χ2v) is 11.0. The highest BCUT2D eigenvalue weighted by atomic mass is 31.2. The molecule has 1 spiro atoms. The Balaban J connectivity index is 1.29. The van der Waals surface area contributed by atoms with E-state index in [0.29, 0.717) is 17.6 Å². The average Bonchev–Trinajstić information content (AvgIpc) is 3.25. The number of hydrogen-bond donors (Lipinski definition) is 2. The molecule has 0 amide bonds. The third-order valence-electron chi connectivity index (χ3n) is 6.84. The lowest BCUT2D eigenvalue weighted by Gasteiger charge is -2.31. The Bertz CT molecular complexity index is 1400. The molecule has 15 heteroatoms. The van der Waals surface area contributed by atoms with E-state index < -0.39 is 49.5 Å². The molecule has 3 N–H and O–H groups in total. The molecule has 1 unspecified atom stereocenters. The maximum absolute atomic E-state index is 13.5. The zero-order chi connectivity index (χ0) is 26.0. The molecule has 3 aromatic heterocycles. The monoisotopic (exact) mass is 532 g/mol. The fraction of sp³-hybridized carbons (Fsp3) is 0.500. The van der Waals surface area contributed by atoms with Crippen LogP contribution in [-0.2, 0) is 32.4 Å². The molecular weight excluding hydrogens is 507 g/mol. The minimum absolute atomic E-state index is 0.153. The van der Waals surface area contributed by atoms with E-state index in [0.717, 1.165) is 5.56 Å². The first kappa shape index (κ1) is 24.3. The summed E-state index contributed by atoms with van der Waals surface area (Å²) in [5.41, 5.74) is 4.28. The van der Waals surface area contributed by atoms with Crippen molar-refractivity contribution in [2.75, 3.05) is 12.3 Å². The van der Waals surface area contributed by atoms with Crippen molar-refractivity contribution in [2.45, 2.75) is 62.4 Å². The van der Waals surface area contributed by atoms with Gasteiger partial charge in [0, 0.05) is 32.2 Å². The highest BCUT2D eigenvalue weighted by Crippen LogP contribution is 2.66. The third kappa shape index (κ3) is 4.00. The fourth-order valence-corrected chi connectivity index (χ4v) is 6.67. The summed E-state index contributed by atoms with van der Waals surface area (Å²) in [6.07, 6.45) is 2.93. The molecule has 7 atom stereocenters. The van der Waals surface area contributed by atoms with E-state index in [-0.39, 0.29) is 18.8 Å². The number of carbonyl (C=O) groups is 1. The summed E-state index contributed by atoms with van der Waals surface area (Å²) in [7, 11) is -4.01. The van der Waals surface area contributed by atoms with Crippen molar-refractivity contribution in [3.63, 3.8) is 0 Å². The van der Waals surface area contributed by atoms with Gasteiger partial charge in [-0.3, -0.25) is 27.9 Å². The Kier molecular flexibility index (Phi) is 5.60. The number of anilines is 1. The molecule has 196 valence electrons. The summed E-state index contributed by atoms with van der Waals surface area (Å²) in [5, 5.41) is 11.6. The number of esters is 1. The number of phosphoric acid groups is 1. The number of nitrogens with two attached hydrogens (primary N) is 1. The summed E-state index contributed by atoms with van der Waals surface area (Å²) >= 11 is 0. The normalized spacial score (nSPS) is 37.2. The Morgan fingerprint density at radius 1 is 1.30 bits per heavy atom. The van der Waals surface area contributed by atoms with E-state index in [1.165, 1.54) is 31.1 Å². The van der Waals surface area contributed by atoms with Crippen molar-refractivity contribution < 1.29 is 37.5 Å². The van der Waals surface area contributed by atoms with Gasteiger partial charge in [-0.05, 0) is 24.6 Å². The van der Waals surface area contributed by atoms with Crippen LogP contribution in [0.15, 0.2) is 37.2 Å². The Morgan fingerprint density at radius 2 is 2.08 bits per heavy atom. The van der Waals surface area contributed by atoms with Crippen molar-refractivity contribution in [1.82, 2.24) is 24.5 Å². The lowest BCUT2D eigenvalue weighted by molar-refractivity contribution is -0.162. The SMILES string of the molecule is CC(=O)O[C@@H]1C2(C[C@H]2O[P@]2(=O)OCC[C@H](c3ccncc3)O2)O[C@@H](n2cnc3c(N)ncnc32)[C@]1(C)O. The van der Waals surface area contributed by atoms with Crippen LogP contribution in [0.4, 0.5) is 5.82 Å². The molecule has 0 radical (unpaired) electrons. The number of phosphoric ester groups is 1. The van der Waals surface area contributed by atoms with Crippen molar-refractivity contribution in [1.29, 1.82) is 0 Å². The van der Waals surface area contributed by atoms with Gasteiger partial charge in [-0.15, -0.1) is 0 Å². The number of aliphatic hydroxyl groups is 1. The van der Waals surface area contributed by atoms with E-state index in [4.69, 9.17) is 28.8 Å². The van der Waals surface area contributed by atoms with Gasteiger partial charge < -0.3 is 20.3 Å². The molecule has 1 saturated carbocycles. The summed E-state index contributed by atoms with van der Waals surface area (Å²) in [6, 6.07) is 3.53.